The maximum absolute atomic E-state index is 12.9. The molecule has 2 amide bonds. The van der Waals surface area contributed by atoms with Crippen LogP contribution < -0.4 is 5.32 Å². The van der Waals surface area contributed by atoms with Gasteiger partial charge >= 0.3 is 0 Å². The Kier molecular flexibility index (Phi) is 4.98. The van der Waals surface area contributed by atoms with Crippen LogP contribution in [0, 0.1) is 5.92 Å². The molecule has 6 heteroatoms. The molecule has 0 spiro atoms. The lowest BCUT2D eigenvalue weighted by Crippen LogP contribution is -2.41. The molecule has 0 atom stereocenters. The number of nitrogens with one attached hydrogen (secondary N) is 1. The highest BCUT2D eigenvalue weighted by Gasteiger charge is 2.28. The van der Waals surface area contributed by atoms with Gasteiger partial charge in [0.25, 0.3) is 5.91 Å². The van der Waals surface area contributed by atoms with Crippen LogP contribution in [0.25, 0.3) is 21.8 Å². The highest BCUT2D eigenvalue weighted by Crippen LogP contribution is 2.31. The van der Waals surface area contributed by atoms with Crippen molar-refractivity contribution in [2.45, 2.75) is 26.3 Å². The second-order valence-electron chi connectivity index (χ2n) is 8.03. The van der Waals surface area contributed by atoms with Gasteiger partial charge in [-0.1, -0.05) is 18.2 Å². The number of nitrogens with zero attached hydrogens (tertiary/aromatic N) is 2. The molecule has 31 heavy (non-hydrogen) atoms. The molecule has 0 unspecified atom stereocenters. The van der Waals surface area contributed by atoms with Crippen LogP contribution in [0.3, 0.4) is 0 Å². The van der Waals surface area contributed by atoms with Gasteiger partial charge in [-0.2, -0.15) is 0 Å². The Hall–Kier alpha value is -3.54. The summed E-state index contributed by atoms with van der Waals surface area (Å²) in [4.78, 5) is 27.1. The van der Waals surface area contributed by atoms with Crippen LogP contribution in [0.4, 0.5) is 5.69 Å². The smallest absolute Gasteiger partial charge is 0.289 e. The molecule has 0 radical (unpaired) electrons. The van der Waals surface area contributed by atoms with E-state index in [-0.39, 0.29) is 17.7 Å². The van der Waals surface area contributed by atoms with Gasteiger partial charge in [0.2, 0.25) is 5.91 Å². The van der Waals surface area contributed by atoms with Crippen LogP contribution in [0.2, 0.25) is 0 Å². The van der Waals surface area contributed by atoms with E-state index in [4.69, 9.17) is 4.42 Å². The minimum atomic E-state index is -0.110. The fourth-order valence-electron chi connectivity index (χ4n) is 4.62. The molecule has 1 N–H and O–H groups in total. The van der Waals surface area contributed by atoms with Crippen molar-refractivity contribution in [3.63, 3.8) is 0 Å². The number of anilines is 1. The number of hydrogen-bond donors (Lipinski definition) is 1. The molecule has 0 bridgehead atoms. The Balaban J connectivity index is 1.30. The van der Waals surface area contributed by atoms with Gasteiger partial charge in [-0.3, -0.25) is 9.59 Å². The van der Waals surface area contributed by atoms with Crippen LogP contribution in [-0.4, -0.2) is 34.4 Å². The predicted octanol–water partition coefficient (Wildman–Crippen LogP) is 4.90. The standard InChI is InChI=1S/C25H25N3O3/c1-2-28-21-7-4-3-6-19(21)20-16-18(9-10-22(20)28)26-24(29)17-11-13-27(14-12-17)25(30)23-8-5-15-31-23/h3-10,15-17H,2,11-14H2,1H3,(H,26,29). The number of carbonyl (C=O) groups excluding carboxylic acids is 2. The summed E-state index contributed by atoms with van der Waals surface area (Å²) in [6.07, 6.45) is 2.80. The molecule has 3 heterocycles. The first-order valence-corrected chi connectivity index (χ1v) is 10.8. The number of aryl methyl sites for hydroxylation is 1. The summed E-state index contributed by atoms with van der Waals surface area (Å²) in [5.41, 5.74) is 3.19. The molecule has 4 aromatic rings. The Morgan fingerprint density at radius 1 is 1.00 bits per heavy atom. The number of rotatable bonds is 4. The van der Waals surface area contributed by atoms with Gasteiger partial charge in [0, 0.05) is 53.0 Å². The molecule has 1 fully saturated rings. The van der Waals surface area contributed by atoms with Gasteiger partial charge < -0.3 is 19.2 Å². The van der Waals surface area contributed by atoms with E-state index in [2.05, 4.69) is 47.1 Å². The van der Waals surface area contributed by atoms with E-state index in [0.29, 0.717) is 31.7 Å². The summed E-state index contributed by atoms with van der Waals surface area (Å²) in [5.74, 6) is 0.154. The number of carbonyl (C=O) groups is 2. The summed E-state index contributed by atoms with van der Waals surface area (Å²) in [6, 6.07) is 17.9. The number of furan rings is 1. The van der Waals surface area contributed by atoms with Crippen LogP contribution in [0.15, 0.2) is 65.3 Å². The Bertz CT molecular complexity index is 1250. The van der Waals surface area contributed by atoms with E-state index < -0.39 is 0 Å². The quantitative estimate of drug-likeness (QED) is 0.516. The van der Waals surface area contributed by atoms with Gasteiger partial charge in [0.1, 0.15) is 0 Å². The van der Waals surface area contributed by atoms with Gasteiger partial charge in [0.15, 0.2) is 5.76 Å². The second-order valence-corrected chi connectivity index (χ2v) is 8.03. The summed E-state index contributed by atoms with van der Waals surface area (Å²) in [5, 5.41) is 5.44. The highest BCUT2D eigenvalue weighted by molar-refractivity contribution is 6.09. The predicted molar refractivity (Wildman–Crippen MR) is 121 cm³/mol. The van der Waals surface area contributed by atoms with Gasteiger partial charge in [-0.25, -0.2) is 0 Å². The average molecular weight is 415 g/mol. The molecular weight excluding hydrogens is 390 g/mol. The number of benzene rings is 2. The molecule has 158 valence electrons. The fourth-order valence-corrected chi connectivity index (χ4v) is 4.62. The fraction of sp³-hybridized carbons (Fsp3) is 0.280. The Morgan fingerprint density at radius 2 is 1.77 bits per heavy atom. The SMILES string of the molecule is CCn1c2ccccc2c2cc(NC(=O)C3CCN(C(=O)c4ccco4)CC3)ccc21. The lowest BCUT2D eigenvalue weighted by molar-refractivity contribution is -0.121. The van der Waals surface area contributed by atoms with Gasteiger partial charge in [-0.15, -0.1) is 0 Å². The molecule has 6 nitrogen and oxygen atoms in total. The summed E-state index contributed by atoms with van der Waals surface area (Å²) in [7, 11) is 0. The van der Waals surface area contributed by atoms with E-state index in [9.17, 15) is 9.59 Å². The summed E-state index contributed by atoms with van der Waals surface area (Å²) >= 11 is 0. The topological polar surface area (TPSA) is 67.5 Å². The maximum atomic E-state index is 12.9. The monoisotopic (exact) mass is 415 g/mol. The van der Waals surface area contributed by atoms with Crippen molar-refractivity contribution in [3.8, 4) is 0 Å². The maximum Gasteiger partial charge on any atom is 0.289 e. The molecule has 5 rings (SSSR count). The number of fused-ring (bicyclic) bond motifs is 3. The van der Waals surface area contributed by atoms with E-state index in [1.807, 2.05) is 12.1 Å². The lowest BCUT2D eigenvalue weighted by Gasteiger charge is -2.30. The van der Waals surface area contributed by atoms with E-state index in [1.165, 1.54) is 22.7 Å². The first kappa shape index (κ1) is 19.4. The minimum absolute atomic E-state index is 0.0173. The van der Waals surface area contributed by atoms with E-state index in [0.717, 1.165) is 17.6 Å². The number of piperidine rings is 1. The van der Waals surface area contributed by atoms with Crippen molar-refractivity contribution in [2.75, 3.05) is 18.4 Å². The number of para-hydroxylation sites is 1. The zero-order valence-corrected chi connectivity index (χ0v) is 17.5. The van der Waals surface area contributed by atoms with E-state index >= 15 is 0 Å². The zero-order valence-electron chi connectivity index (χ0n) is 17.5. The van der Waals surface area contributed by atoms with Crippen LogP contribution in [0.5, 0.6) is 0 Å². The Labute approximate surface area is 180 Å². The summed E-state index contributed by atoms with van der Waals surface area (Å²) < 4.78 is 7.50. The Morgan fingerprint density at radius 3 is 2.52 bits per heavy atom. The number of hydrogen-bond acceptors (Lipinski definition) is 3. The molecule has 2 aromatic carbocycles. The molecule has 0 saturated carbocycles. The third-order valence-electron chi connectivity index (χ3n) is 6.24. The van der Waals surface area contributed by atoms with Crippen molar-refractivity contribution in [2.24, 2.45) is 5.92 Å². The van der Waals surface area contributed by atoms with Gasteiger partial charge in [0.05, 0.1) is 6.26 Å². The third kappa shape index (κ3) is 3.48. The summed E-state index contributed by atoms with van der Waals surface area (Å²) in [6.45, 7) is 4.15. The molecule has 1 aliphatic rings. The van der Waals surface area contributed by atoms with Crippen molar-refractivity contribution in [1.29, 1.82) is 0 Å². The first-order valence-electron chi connectivity index (χ1n) is 10.8. The highest BCUT2D eigenvalue weighted by atomic mass is 16.3. The third-order valence-corrected chi connectivity index (χ3v) is 6.24. The van der Waals surface area contributed by atoms with E-state index in [1.54, 1.807) is 17.0 Å². The molecular formula is C25H25N3O3. The van der Waals surface area contributed by atoms with Crippen molar-refractivity contribution < 1.29 is 14.0 Å². The normalized spacial score (nSPS) is 14.9. The first-order chi connectivity index (χ1) is 15.2. The number of amides is 2. The lowest BCUT2D eigenvalue weighted by atomic mass is 9.95. The number of likely N-dealkylation sites (tertiary alicyclic amines) is 1. The van der Waals surface area contributed by atoms with Gasteiger partial charge in [-0.05, 0) is 56.2 Å². The molecule has 0 aliphatic carbocycles. The second kappa shape index (κ2) is 7.95. The van der Waals surface area contributed by atoms with Crippen LogP contribution in [0.1, 0.15) is 30.3 Å². The minimum Gasteiger partial charge on any atom is -0.459 e. The average Bonchev–Trinajstić information content (AvgIpc) is 3.45. The molecule has 1 saturated heterocycles. The van der Waals surface area contributed by atoms with Crippen molar-refractivity contribution in [3.05, 3.63) is 66.6 Å². The van der Waals surface area contributed by atoms with Crippen LogP contribution in [-0.2, 0) is 11.3 Å². The molecule has 2 aromatic heterocycles. The molecule has 1 aliphatic heterocycles. The van der Waals surface area contributed by atoms with Crippen LogP contribution >= 0.6 is 0 Å². The largest absolute Gasteiger partial charge is 0.459 e. The van der Waals surface area contributed by atoms with Crippen molar-refractivity contribution >= 4 is 39.3 Å². The number of aromatic nitrogens is 1. The zero-order chi connectivity index (χ0) is 21.4. The van der Waals surface area contributed by atoms with Crippen molar-refractivity contribution in [1.82, 2.24) is 9.47 Å².